The largest absolute Gasteiger partial charge is 0.264 e. The number of nitrogens with zero attached hydrogens (tertiary/aromatic N) is 3. The van der Waals surface area contributed by atoms with Crippen LogP contribution in [0.4, 0.5) is 0 Å². The van der Waals surface area contributed by atoms with Crippen LogP contribution in [0.2, 0.25) is 0 Å². The fourth-order valence-electron chi connectivity index (χ4n) is 2.50. The molecule has 0 aromatic rings. The number of rotatable bonds is 3. The lowest BCUT2D eigenvalue weighted by Gasteiger charge is -2.32. The minimum Gasteiger partial charge on any atom is -0.264 e. The summed E-state index contributed by atoms with van der Waals surface area (Å²) in [4.78, 5) is 10.6. The molecule has 1 fully saturated rings. The number of terminal acetylenes is 1. The van der Waals surface area contributed by atoms with Gasteiger partial charge in [0, 0.05) is 17.8 Å². The van der Waals surface area contributed by atoms with Gasteiger partial charge >= 0.3 is 0 Å². The monoisotopic (exact) mass is 231 g/mol. The first kappa shape index (κ1) is 13.0. The van der Waals surface area contributed by atoms with E-state index in [9.17, 15) is 10.1 Å². The zero-order valence-corrected chi connectivity index (χ0v) is 9.43. The topological polar surface area (TPSA) is 90.7 Å². The van der Waals surface area contributed by atoms with E-state index in [0.29, 0.717) is 12.8 Å². The third-order valence-electron chi connectivity index (χ3n) is 3.41. The molecular weight excluding hydrogens is 218 g/mol. The van der Waals surface area contributed by atoms with Gasteiger partial charge in [-0.05, 0) is 12.8 Å². The Kier molecular flexibility index (Phi) is 4.07. The van der Waals surface area contributed by atoms with Crippen molar-refractivity contribution in [1.29, 1.82) is 10.5 Å². The molecular formula is C12H13N3O2. The van der Waals surface area contributed by atoms with E-state index >= 15 is 0 Å². The van der Waals surface area contributed by atoms with Crippen LogP contribution in [0.15, 0.2) is 0 Å². The lowest BCUT2D eigenvalue weighted by molar-refractivity contribution is -0.538. The molecule has 0 radical (unpaired) electrons. The van der Waals surface area contributed by atoms with E-state index in [0.717, 1.165) is 12.8 Å². The summed E-state index contributed by atoms with van der Waals surface area (Å²) in [5.41, 5.74) is -1.41. The molecule has 5 nitrogen and oxygen atoms in total. The van der Waals surface area contributed by atoms with E-state index < -0.39 is 17.4 Å². The van der Waals surface area contributed by atoms with Crippen LogP contribution in [0.1, 0.15) is 32.1 Å². The zero-order chi connectivity index (χ0) is 12.9. The van der Waals surface area contributed by atoms with E-state index in [1.165, 1.54) is 0 Å². The molecule has 0 saturated heterocycles. The maximum absolute atomic E-state index is 11.0. The Morgan fingerprint density at radius 2 is 1.94 bits per heavy atom. The molecule has 0 bridgehead atoms. The van der Waals surface area contributed by atoms with Crippen molar-refractivity contribution in [2.45, 2.75) is 38.1 Å². The first-order valence-electron chi connectivity index (χ1n) is 5.50. The van der Waals surface area contributed by atoms with E-state index in [2.05, 4.69) is 5.92 Å². The van der Waals surface area contributed by atoms with Crippen LogP contribution in [-0.4, -0.2) is 11.0 Å². The maximum Gasteiger partial charge on any atom is 0.218 e. The minimum absolute atomic E-state index is 0.0466. The molecule has 0 amide bonds. The molecule has 2 unspecified atom stereocenters. The molecule has 17 heavy (non-hydrogen) atoms. The minimum atomic E-state index is -1.41. The summed E-state index contributed by atoms with van der Waals surface area (Å²) in [6.45, 7) is 0. The fraction of sp³-hybridized carbons (Fsp3) is 0.667. The summed E-state index contributed by atoms with van der Waals surface area (Å²) in [5.74, 6) is 1.74. The van der Waals surface area contributed by atoms with Crippen molar-refractivity contribution < 1.29 is 4.92 Å². The summed E-state index contributed by atoms with van der Waals surface area (Å²) in [7, 11) is 0. The third-order valence-corrected chi connectivity index (χ3v) is 3.41. The summed E-state index contributed by atoms with van der Waals surface area (Å²) in [6, 6.07) is 3.00. The molecule has 5 heteroatoms. The standard InChI is InChI=1S/C12H13N3O2/c1-2-7-12(8-13,9-14)10-5-3-4-6-11(10)15(16)17/h1,10-11H,3-7H2. The van der Waals surface area contributed by atoms with E-state index in [1.54, 1.807) is 0 Å². The van der Waals surface area contributed by atoms with Crippen LogP contribution < -0.4 is 0 Å². The van der Waals surface area contributed by atoms with Crippen LogP contribution in [0.3, 0.4) is 0 Å². The highest BCUT2D eigenvalue weighted by Gasteiger charge is 2.49. The van der Waals surface area contributed by atoms with Gasteiger partial charge in [0.05, 0.1) is 18.1 Å². The summed E-state index contributed by atoms with van der Waals surface area (Å²) in [5, 5.41) is 29.3. The Balaban J connectivity index is 3.09. The van der Waals surface area contributed by atoms with Crippen LogP contribution >= 0.6 is 0 Å². The Morgan fingerprint density at radius 3 is 2.41 bits per heavy atom. The molecule has 0 aromatic heterocycles. The second-order valence-corrected chi connectivity index (χ2v) is 4.32. The van der Waals surface area contributed by atoms with Crippen molar-refractivity contribution in [2.75, 3.05) is 0 Å². The SMILES string of the molecule is C#CCC(C#N)(C#N)C1CCCCC1[N+](=O)[O-]. The molecule has 0 heterocycles. The second kappa shape index (κ2) is 5.32. The lowest BCUT2D eigenvalue weighted by atomic mass is 9.66. The van der Waals surface area contributed by atoms with E-state index in [1.807, 2.05) is 12.1 Å². The quantitative estimate of drug-likeness (QED) is 0.421. The van der Waals surface area contributed by atoms with Crippen LogP contribution in [0.5, 0.6) is 0 Å². The van der Waals surface area contributed by atoms with Crippen molar-refractivity contribution in [2.24, 2.45) is 11.3 Å². The summed E-state index contributed by atoms with van der Waals surface area (Å²) in [6.07, 6.45) is 7.65. The molecule has 2 atom stereocenters. The molecule has 1 saturated carbocycles. The Morgan fingerprint density at radius 1 is 1.35 bits per heavy atom. The van der Waals surface area contributed by atoms with Gasteiger partial charge < -0.3 is 0 Å². The normalized spacial score (nSPS) is 24.1. The number of hydrogen-bond donors (Lipinski definition) is 0. The molecule has 0 spiro atoms. The first-order valence-corrected chi connectivity index (χ1v) is 5.50. The molecule has 0 N–H and O–H groups in total. The van der Waals surface area contributed by atoms with Crippen LogP contribution in [-0.2, 0) is 0 Å². The molecule has 88 valence electrons. The van der Waals surface area contributed by atoms with Crippen molar-refractivity contribution in [3.8, 4) is 24.5 Å². The van der Waals surface area contributed by atoms with E-state index in [-0.39, 0.29) is 11.3 Å². The van der Waals surface area contributed by atoms with Gasteiger partial charge in [-0.25, -0.2) is 0 Å². The molecule has 1 aliphatic rings. The average Bonchev–Trinajstić information content (AvgIpc) is 2.36. The number of nitro groups is 1. The van der Waals surface area contributed by atoms with Crippen molar-refractivity contribution in [3.05, 3.63) is 10.1 Å². The van der Waals surface area contributed by atoms with Crippen molar-refractivity contribution in [3.63, 3.8) is 0 Å². The van der Waals surface area contributed by atoms with Gasteiger partial charge in [0.15, 0.2) is 5.41 Å². The van der Waals surface area contributed by atoms with Gasteiger partial charge in [-0.1, -0.05) is 6.42 Å². The number of hydrogen-bond acceptors (Lipinski definition) is 4. The highest BCUT2D eigenvalue weighted by molar-refractivity contribution is 5.21. The van der Waals surface area contributed by atoms with Crippen molar-refractivity contribution >= 4 is 0 Å². The van der Waals surface area contributed by atoms with E-state index in [4.69, 9.17) is 16.9 Å². The molecule has 1 rings (SSSR count). The zero-order valence-electron chi connectivity index (χ0n) is 9.43. The Bertz CT molecular complexity index is 411. The maximum atomic E-state index is 11.0. The van der Waals surface area contributed by atoms with Crippen LogP contribution in [0.25, 0.3) is 0 Å². The molecule has 0 aromatic carbocycles. The second-order valence-electron chi connectivity index (χ2n) is 4.32. The third kappa shape index (κ3) is 2.37. The predicted octanol–water partition coefficient (Wildman–Crippen LogP) is 1.88. The highest BCUT2D eigenvalue weighted by atomic mass is 16.6. The van der Waals surface area contributed by atoms with Gasteiger partial charge in [-0.15, -0.1) is 12.3 Å². The molecule has 0 aliphatic heterocycles. The smallest absolute Gasteiger partial charge is 0.218 e. The van der Waals surface area contributed by atoms with Gasteiger partial charge in [0.2, 0.25) is 6.04 Å². The first-order chi connectivity index (χ1) is 8.11. The highest BCUT2D eigenvalue weighted by Crippen LogP contribution is 2.41. The van der Waals surface area contributed by atoms with Gasteiger partial charge in [-0.3, -0.25) is 10.1 Å². The molecule has 1 aliphatic carbocycles. The van der Waals surface area contributed by atoms with Crippen molar-refractivity contribution in [1.82, 2.24) is 0 Å². The summed E-state index contributed by atoms with van der Waals surface area (Å²) < 4.78 is 0. The lowest BCUT2D eigenvalue weighted by Crippen LogP contribution is -2.42. The average molecular weight is 231 g/mol. The van der Waals surface area contributed by atoms with Gasteiger partial charge in [-0.2, -0.15) is 10.5 Å². The van der Waals surface area contributed by atoms with Gasteiger partial charge in [0.25, 0.3) is 0 Å². The Labute approximate surface area is 100 Å². The Hall–Kier alpha value is -2.06. The summed E-state index contributed by atoms with van der Waals surface area (Å²) >= 11 is 0. The van der Waals surface area contributed by atoms with Crippen LogP contribution in [0, 0.1) is 56.5 Å². The number of nitriles is 2. The predicted molar refractivity (Wildman–Crippen MR) is 59.8 cm³/mol. The van der Waals surface area contributed by atoms with Gasteiger partial charge in [0.1, 0.15) is 0 Å². The fourth-order valence-corrected chi connectivity index (χ4v) is 2.50.